The lowest BCUT2D eigenvalue weighted by Gasteiger charge is -2.28. The molecule has 2 amide bonds. The molecule has 0 aliphatic carbocycles. The number of piperidine rings is 1. The summed E-state index contributed by atoms with van der Waals surface area (Å²) in [6.07, 6.45) is 0.578. The molecule has 1 heterocycles. The van der Waals surface area contributed by atoms with Crippen LogP contribution in [0.2, 0.25) is 10.0 Å². The highest BCUT2D eigenvalue weighted by Crippen LogP contribution is 2.25. The zero-order valence-electron chi connectivity index (χ0n) is 10.6. The maximum atomic E-state index is 12.0. The van der Waals surface area contributed by atoms with Crippen molar-refractivity contribution in [2.75, 3.05) is 18.4 Å². The molecule has 1 aliphatic heterocycles. The fourth-order valence-corrected chi connectivity index (χ4v) is 2.43. The van der Waals surface area contributed by atoms with Crippen LogP contribution in [0.1, 0.15) is 12.8 Å². The summed E-state index contributed by atoms with van der Waals surface area (Å²) in [5, 5.41) is 12.6. The highest BCUT2D eigenvalue weighted by atomic mass is 35.5. The van der Waals surface area contributed by atoms with Crippen LogP contribution in [-0.4, -0.2) is 41.0 Å². The first-order valence-electron chi connectivity index (χ1n) is 6.21. The molecular formula is C13H14Cl2N2O3. The van der Waals surface area contributed by atoms with E-state index in [1.807, 2.05) is 0 Å². The van der Waals surface area contributed by atoms with Crippen LogP contribution < -0.4 is 5.32 Å². The Labute approximate surface area is 126 Å². The van der Waals surface area contributed by atoms with Crippen molar-refractivity contribution in [3.8, 4) is 0 Å². The SMILES string of the molecule is O=C(Nc1ccc(Cl)cc1Cl)C(=O)N1CCC(O)CC1. The fraction of sp³-hybridized carbons (Fsp3) is 0.385. The first-order chi connectivity index (χ1) is 9.47. The van der Waals surface area contributed by atoms with Crippen molar-refractivity contribution >= 4 is 40.7 Å². The van der Waals surface area contributed by atoms with E-state index in [1.165, 1.54) is 17.0 Å². The number of carbonyl (C=O) groups excluding carboxylic acids is 2. The Kier molecular flexibility index (Phi) is 4.86. The standard InChI is InChI=1S/C13H14Cl2N2O3/c14-8-1-2-11(10(15)7-8)16-12(19)13(20)17-5-3-9(18)4-6-17/h1-2,7,9,18H,3-6H2,(H,16,19). The van der Waals surface area contributed by atoms with Crippen LogP contribution in [0, 0.1) is 0 Å². The number of aliphatic hydroxyl groups is 1. The second-order valence-corrected chi connectivity index (χ2v) is 5.45. The predicted octanol–water partition coefficient (Wildman–Crippen LogP) is 1.92. The molecule has 0 aromatic heterocycles. The van der Waals surface area contributed by atoms with Gasteiger partial charge in [0.05, 0.1) is 16.8 Å². The number of rotatable bonds is 1. The lowest BCUT2D eigenvalue weighted by Crippen LogP contribution is -2.45. The van der Waals surface area contributed by atoms with Gasteiger partial charge in [-0.05, 0) is 31.0 Å². The number of aliphatic hydroxyl groups excluding tert-OH is 1. The first kappa shape index (κ1) is 15.1. The van der Waals surface area contributed by atoms with E-state index in [4.69, 9.17) is 23.2 Å². The minimum absolute atomic E-state index is 0.271. The minimum Gasteiger partial charge on any atom is -0.393 e. The van der Waals surface area contributed by atoms with Crippen LogP contribution >= 0.6 is 23.2 Å². The van der Waals surface area contributed by atoms with Gasteiger partial charge in [0.1, 0.15) is 0 Å². The van der Waals surface area contributed by atoms with Crippen molar-refractivity contribution in [2.24, 2.45) is 0 Å². The van der Waals surface area contributed by atoms with Crippen LogP contribution in [0.4, 0.5) is 5.69 Å². The molecule has 2 rings (SSSR count). The lowest BCUT2D eigenvalue weighted by molar-refractivity contribution is -0.144. The molecule has 1 fully saturated rings. The summed E-state index contributed by atoms with van der Waals surface area (Å²) in [4.78, 5) is 25.2. The molecule has 5 nitrogen and oxygen atoms in total. The van der Waals surface area contributed by atoms with Crippen molar-refractivity contribution in [3.05, 3.63) is 28.2 Å². The number of nitrogens with zero attached hydrogens (tertiary/aromatic N) is 1. The van der Waals surface area contributed by atoms with E-state index in [0.29, 0.717) is 36.6 Å². The van der Waals surface area contributed by atoms with E-state index in [0.717, 1.165) is 0 Å². The van der Waals surface area contributed by atoms with E-state index < -0.39 is 17.9 Å². The summed E-state index contributed by atoms with van der Waals surface area (Å²) < 4.78 is 0. The largest absolute Gasteiger partial charge is 0.393 e. The summed E-state index contributed by atoms with van der Waals surface area (Å²) in [5.41, 5.74) is 0.339. The van der Waals surface area contributed by atoms with Crippen molar-refractivity contribution < 1.29 is 14.7 Å². The molecule has 108 valence electrons. The third-order valence-electron chi connectivity index (χ3n) is 3.13. The van der Waals surface area contributed by atoms with E-state index in [9.17, 15) is 14.7 Å². The Morgan fingerprint density at radius 2 is 1.90 bits per heavy atom. The smallest absolute Gasteiger partial charge is 0.313 e. The van der Waals surface area contributed by atoms with Gasteiger partial charge in [0.2, 0.25) is 0 Å². The Morgan fingerprint density at radius 1 is 1.25 bits per heavy atom. The lowest BCUT2D eigenvalue weighted by atomic mass is 10.1. The van der Waals surface area contributed by atoms with Gasteiger partial charge in [0.25, 0.3) is 0 Å². The average Bonchev–Trinajstić information content (AvgIpc) is 2.42. The molecule has 0 radical (unpaired) electrons. The number of likely N-dealkylation sites (tertiary alicyclic amines) is 1. The molecule has 0 spiro atoms. The van der Waals surface area contributed by atoms with E-state index >= 15 is 0 Å². The number of hydrogen-bond donors (Lipinski definition) is 2. The Bertz CT molecular complexity index is 528. The van der Waals surface area contributed by atoms with Crippen molar-refractivity contribution in [3.63, 3.8) is 0 Å². The predicted molar refractivity (Wildman–Crippen MR) is 76.9 cm³/mol. The highest BCUT2D eigenvalue weighted by molar-refractivity contribution is 6.42. The van der Waals surface area contributed by atoms with E-state index in [-0.39, 0.29) is 5.02 Å². The summed E-state index contributed by atoms with van der Waals surface area (Å²) in [6.45, 7) is 0.754. The molecule has 0 bridgehead atoms. The van der Waals surface area contributed by atoms with Crippen molar-refractivity contribution in [1.29, 1.82) is 0 Å². The molecule has 7 heteroatoms. The van der Waals surface area contributed by atoms with E-state index in [1.54, 1.807) is 6.07 Å². The van der Waals surface area contributed by atoms with Crippen molar-refractivity contribution in [1.82, 2.24) is 4.90 Å². The summed E-state index contributed by atoms with van der Waals surface area (Å²) in [7, 11) is 0. The number of carbonyl (C=O) groups is 2. The van der Waals surface area contributed by atoms with Gasteiger partial charge in [-0.2, -0.15) is 0 Å². The van der Waals surface area contributed by atoms with Gasteiger partial charge in [-0.25, -0.2) is 0 Å². The second-order valence-electron chi connectivity index (χ2n) is 4.60. The molecule has 0 saturated carbocycles. The quantitative estimate of drug-likeness (QED) is 0.778. The number of hydrogen-bond acceptors (Lipinski definition) is 3. The Hall–Kier alpha value is -1.30. The van der Waals surface area contributed by atoms with Gasteiger partial charge in [-0.1, -0.05) is 23.2 Å². The molecule has 1 aliphatic rings. The molecule has 2 N–H and O–H groups in total. The van der Waals surface area contributed by atoms with E-state index in [2.05, 4.69) is 5.32 Å². The number of halogens is 2. The molecule has 1 aromatic rings. The Balaban J connectivity index is 1.99. The van der Waals surface area contributed by atoms with Crippen LogP contribution in [0.3, 0.4) is 0 Å². The van der Waals surface area contributed by atoms with Crippen LogP contribution in [0.25, 0.3) is 0 Å². The van der Waals surface area contributed by atoms with Gasteiger partial charge in [0, 0.05) is 18.1 Å². The Morgan fingerprint density at radius 3 is 2.50 bits per heavy atom. The van der Waals surface area contributed by atoms with Gasteiger partial charge in [-0.15, -0.1) is 0 Å². The van der Waals surface area contributed by atoms with Gasteiger partial charge < -0.3 is 15.3 Å². The van der Waals surface area contributed by atoms with Crippen molar-refractivity contribution in [2.45, 2.75) is 18.9 Å². The maximum absolute atomic E-state index is 12.0. The van der Waals surface area contributed by atoms with Gasteiger partial charge in [-0.3, -0.25) is 9.59 Å². The van der Waals surface area contributed by atoms with Crippen LogP contribution in [-0.2, 0) is 9.59 Å². The number of benzene rings is 1. The van der Waals surface area contributed by atoms with Gasteiger partial charge >= 0.3 is 11.8 Å². The molecule has 0 atom stereocenters. The number of amides is 2. The average molecular weight is 317 g/mol. The molecule has 20 heavy (non-hydrogen) atoms. The normalized spacial score (nSPS) is 16.1. The summed E-state index contributed by atoms with van der Waals surface area (Å²) >= 11 is 11.7. The maximum Gasteiger partial charge on any atom is 0.313 e. The topological polar surface area (TPSA) is 69.6 Å². The van der Waals surface area contributed by atoms with Gasteiger partial charge in [0.15, 0.2) is 0 Å². The number of nitrogens with one attached hydrogen (secondary N) is 1. The van der Waals surface area contributed by atoms with Crippen LogP contribution in [0.15, 0.2) is 18.2 Å². The zero-order chi connectivity index (χ0) is 14.7. The number of anilines is 1. The first-order valence-corrected chi connectivity index (χ1v) is 6.96. The fourth-order valence-electron chi connectivity index (χ4n) is 1.98. The molecular weight excluding hydrogens is 303 g/mol. The third kappa shape index (κ3) is 3.62. The molecule has 1 saturated heterocycles. The zero-order valence-corrected chi connectivity index (χ0v) is 12.1. The summed E-state index contributed by atoms with van der Waals surface area (Å²) in [5.74, 6) is -1.37. The summed E-state index contributed by atoms with van der Waals surface area (Å²) in [6, 6.07) is 4.60. The molecule has 0 unspecified atom stereocenters. The monoisotopic (exact) mass is 316 g/mol. The van der Waals surface area contributed by atoms with Crippen LogP contribution in [0.5, 0.6) is 0 Å². The minimum atomic E-state index is -0.745. The highest BCUT2D eigenvalue weighted by Gasteiger charge is 2.26. The second kappa shape index (κ2) is 6.43. The third-order valence-corrected chi connectivity index (χ3v) is 3.67. The molecule has 1 aromatic carbocycles.